The Morgan fingerprint density at radius 3 is 2.60 bits per heavy atom. The molecule has 0 aromatic heterocycles. The van der Waals surface area contributed by atoms with Crippen LogP contribution in [0.25, 0.3) is 0 Å². The summed E-state index contributed by atoms with van der Waals surface area (Å²) in [6, 6.07) is 12.7. The van der Waals surface area contributed by atoms with Gasteiger partial charge in [-0.3, -0.25) is 4.79 Å². The third-order valence-electron chi connectivity index (χ3n) is 3.59. The molecular weight excluding hydrogens is 320 g/mol. The van der Waals surface area contributed by atoms with Gasteiger partial charge in [-0.15, -0.1) is 0 Å². The fourth-order valence-electron chi connectivity index (χ4n) is 2.48. The first kappa shape index (κ1) is 13.2. The molecular formula is C16H13BrO3. The maximum atomic E-state index is 12.4. The summed E-state index contributed by atoms with van der Waals surface area (Å²) in [5.74, 6) is 0.486. The van der Waals surface area contributed by atoms with Crippen LogP contribution in [0.2, 0.25) is 0 Å². The van der Waals surface area contributed by atoms with Gasteiger partial charge in [0.25, 0.3) is 0 Å². The molecule has 1 aliphatic rings. The summed E-state index contributed by atoms with van der Waals surface area (Å²) in [5.41, 5.74) is 0.721. The lowest BCUT2D eigenvalue weighted by molar-refractivity contribution is 0.0496. The molecule has 3 rings (SSSR count). The molecule has 2 aromatic rings. The van der Waals surface area contributed by atoms with Crippen molar-refractivity contribution in [1.82, 2.24) is 0 Å². The summed E-state index contributed by atoms with van der Waals surface area (Å²) >= 11 is 3.29. The zero-order chi connectivity index (χ0) is 14.3. The SMILES string of the molecule is CC1(c2ccccc2)CC(=O)c2ccc(O)c(Br)c2O1. The second kappa shape index (κ2) is 4.63. The molecule has 1 unspecified atom stereocenters. The summed E-state index contributed by atoms with van der Waals surface area (Å²) in [6.07, 6.45) is 0.279. The predicted octanol–water partition coefficient (Wildman–Crippen LogP) is 4.04. The van der Waals surface area contributed by atoms with Gasteiger partial charge in [0.15, 0.2) is 5.78 Å². The van der Waals surface area contributed by atoms with Crippen molar-refractivity contribution in [1.29, 1.82) is 0 Å². The molecule has 3 nitrogen and oxygen atoms in total. The zero-order valence-electron chi connectivity index (χ0n) is 10.9. The number of halogens is 1. The van der Waals surface area contributed by atoms with Gasteiger partial charge >= 0.3 is 0 Å². The molecule has 102 valence electrons. The Morgan fingerprint density at radius 1 is 1.20 bits per heavy atom. The van der Waals surface area contributed by atoms with E-state index in [9.17, 15) is 9.90 Å². The summed E-state index contributed by atoms with van der Waals surface area (Å²) in [5, 5.41) is 9.76. The summed E-state index contributed by atoms with van der Waals surface area (Å²) in [7, 11) is 0. The van der Waals surface area contributed by atoms with Gasteiger partial charge in [-0.25, -0.2) is 0 Å². The molecule has 2 aromatic carbocycles. The molecule has 4 heteroatoms. The Morgan fingerprint density at radius 2 is 1.90 bits per heavy atom. The lowest BCUT2D eigenvalue weighted by Crippen LogP contribution is -2.36. The molecule has 1 aliphatic heterocycles. The number of carbonyl (C=O) groups excluding carboxylic acids is 1. The van der Waals surface area contributed by atoms with E-state index in [2.05, 4.69) is 15.9 Å². The van der Waals surface area contributed by atoms with Crippen LogP contribution in [0.4, 0.5) is 0 Å². The maximum absolute atomic E-state index is 12.4. The van der Waals surface area contributed by atoms with Crippen molar-refractivity contribution in [3.63, 3.8) is 0 Å². The molecule has 0 aliphatic carbocycles. The van der Waals surface area contributed by atoms with Gasteiger partial charge in [-0.2, -0.15) is 0 Å². The number of rotatable bonds is 1. The molecule has 0 fully saturated rings. The first-order chi connectivity index (χ1) is 9.51. The second-order valence-corrected chi connectivity index (χ2v) is 5.87. The standard InChI is InChI=1S/C16H13BrO3/c1-16(10-5-3-2-4-6-10)9-13(19)11-7-8-12(18)14(17)15(11)20-16/h2-8,18H,9H2,1H3. The fourth-order valence-corrected chi connectivity index (χ4v) is 2.91. The number of aromatic hydroxyl groups is 1. The van der Waals surface area contributed by atoms with Crippen LogP contribution in [-0.2, 0) is 5.60 Å². The molecule has 1 N–H and O–H groups in total. The van der Waals surface area contributed by atoms with E-state index in [1.54, 1.807) is 6.07 Å². The normalized spacial score (nSPS) is 21.2. The predicted molar refractivity (Wildman–Crippen MR) is 79.2 cm³/mol. The van der Waals surface area contributed by atoms with Crippen molar-refractivity contribution in [2.75, 3.05) is 0 Å². The van der Waals surface area contributed by atoms with Crippen molar-refractivity contribution >= 4 is 21.7 Å². The number of fused-ring (bicyclic) bond motifs is 1. The number of phenolic OH excluding ortho intramolecular Hbond substituents is 1. The second-order valence-electron chi connectivity index (χ2n) is 5.07. The van der Waals surface area contributed by atoms with Crippen LogP contribution in [0.15, 0.2) is 46.9 Å². The van der Waals surface area contributed by atoms with E-state index in [-0.39, 0.29) is 18.0 Å². The smallest absolute Gasteiger partial charge is 0.170 e. The molecule has 0 bridgehead atoms. The Hall–Kier alpha value is -1.81. The van der Waals surface area contributed by atoms with E-state index in [1.165, 1.54) is 6.07 Å². The third-order valence-corrected chi connectivity index (χ3v) is 4.35. The fraction of sp³-hybridized carbons (Fsp3) is 0.188. The van der Waals surface area contributed by atoms with Gasteiger partial charge in [0.2, 0.25) is 0 Å². The Bertz CT molecular complexity index is 682. The highest BCUT2D eigenvalue weighted by atomic mass is 79.9. The molecule has 0 spiro atoms. The lowest BCUT2D eigenvalue weighted by atomic mass is 9.86. The molecule has 1 heterocycles. The van der Waals surface area contributed by atoms with Gasteiger partial charge in [0.1, 0.15) is 21.6 Å². The number of Topliss-reactive ketones (excluding diaryl/α,β-unsaturated/α-hetero) is 1. The summed E-state index contributed by atoms with van der Waals surface area (Å²) in [4.78, 5) is 12.4. The quantitative estimate of drug-likeness (QED) is 0.857. The van der Waals surface area contributed by atoms with E-state index in [4.69, 9.17) is 4.74 Å². The van der Waals surface area contributed by atoms with Crippen LogP contribution in [0.1, 0.15) is 29.3 Å². The van der Waals surface area contributed by atoms with Crippen molar-refractivity contribution in [3.8, 4) is 11.5 Å². The van der Waals surface area contributed by atoms with Crippen molar-refractivity contribution in [2.45, 2.75) is 18.9 Å². The number of phenols is 1. The van der Waals surface area contributed by atoms with Gasteiger partial charge in [0, 0.05) is 0 Å². The van der Waals surface area contributed by atoms with E-state index in [0.29, 0.717) is 15.8 Å². The summed E-state index contributed by atoms with van der Waals surface area (Å²) < 4.78 is 6.48. The minimum atomic E-state index is -0.721. The third kappa shape index (κ3) is 2.00. The van der Waals surface area contributed by atoms with Crippen LogP contribution in [0.3, 0.4) is 0 Å². The minimum Gasteiger partial charge on any atom is -0.507 e. The topological polar surface area (TPSA) is 46.5 Å². The first-order valence-electron chi connectivity index (χ1n) is 6.30. The van der Waals surface area contributed by atoms with Crippen molar-refractivity contribution in [3.05, 3.63) is 58.1 Å². The van der Waals surface area contributed by atoms with Gasteiger partial charge in [-0.05, 0) is 40.5 Å². The van der Waals surface area contributed by atoms with Crippen LogP contribution < -0.4 is 4.74 Å². The number of ketones is 1. The number of hydrogen-bond donors (Lipinski definition) is 1. The van der Waals surface area contributed by atoms with E-state index in [1.807, 2.05) is 37.3 Å². The van der Waals surface area contributed by atoms with Crippen molar-refractivity contribution in [2.24, 2.45) is 0 Å². The van der Waals surface area contributed by atoms with E-state index in [0.717, 1.165) is 5.56 Å². The minimum absolute atomic E-state index is 0.0123. The van der Waals surface area contributed by atoms with Crippen LogP contribution in [0, 0.1) is 0 Å². The van der Waals surface area contributed by atoms with Gasteiger partial charge in [0.05, 0.1) is 12.0 Å². The zero-order valence-corrected chi connectivity index (χ0v) is 12.5. The Labute approximate surface area is 125 Å². The molecule has 0 amide bonds. The monoisotopic (exact) mass is 332 g/mol. The average Bonchev–Trinajstić information content (AvgIpc) is 2.44. The highest BCUT2D eigenvalue weighted by Gasteiger charge is 2.39. The van der Waals surface area contributed by atoms with Crippen molar-refractivity contribution < 1.29 is 14.6 Å². The van der Waals surface area contributed by atoms with E-state index >= 15 is 0 Å². The number of ether oxygens (including phenoxy) is 1. The maximum Gasteiger partial charge on any atom is 0.170 e. The molecule has 1 atom stereocenters. The lowest BCUT2D eigenvalue weighted by Gasteiger charge is -2.35. The Kier molecular flexibility index (Phi) is 3.05. The van der Waals surface area contributed by atoms with Crippen LogP contribution in [-0.4, -0.2) is 10.9 Å². The Balaban J connectivity index is 2.13. The number of hydrogen-bond acceptors (Lipinski definition) is 3. The average molecular weight is 333 g/mol. The molecule has 0 saturated heterocycles. The van der Waals surface area contributed by atoms with Crippen LogP contribution >= 0.6 is 15.9 Å². The largest absolute Gasteiger partial charge is 0.507 e. The first-order valence-corrected chi connectivity index (χ1v) is 7.10. The summed E-state index contributed by atoms with van der Waals surface area (Å²) in [6.45, 7) is 1.89. The number of benzene rings is 2. The van der Waals surface area contributed by atoms with Gasteiger partial charge < -0.3 is 9.84 Å². The molecule has 20 heavy (non-hydrogen) atoms. The highest BCUT2D eigenvalue weighted by Crippen LogP contribution is 2.45. The molecule has 0 radical (unpaired) electrons. The van der Waals surface area contributed by atoms with Gasteiger partial charge in [-0.1, -0.05) is 30.3 Å². The van der Waals surface area contributed by atoms with E-state index < -0.39 is 5.60 Å². The molecule has 0 saturated carbocycles. The highest BCUT2D eigenvalue weighted by molar-refractivity contribution is 9.10. The van der Waals surface area contributed by atoms with Crippen LogP contribution in [0.5, 0.6) is 11.5 Å². The number of carbonyl (C=O) groups is 1.